The molecule has 1 N–H and O–H groups in total. The van der Waals surface area contributed by atoms with Gasteiger partial charge in [0, 0.05) is 35.5 Å². The number of anilines is 1. The monoisotopic (exact) mass is 313 g/mol. The van der Waals surface area contributed by atoms with Crippen LogP contribution in [-0.2, 0) is 6.54 Å². The lowest BCUT2D eigenvalue weighted by atomic mass is 10.2. The molecule has 0 radical (unpaired) electrons. The van der Waals surface area contributed by atoms with E-state index in [0.29, 0.717) is 5.56 Å². The molecule has 0 saturated carbocycles. The summed E-state index contributed by atoms with van der Waals surface area (Å²) < 4.78 is 2.21. The largest absolute Gasteiger partial charge is 0.347 e. The molecular formula is C17H16ClN3O. The SMILES string of the molecule is CCCn1ccc2cc(NC(=O)c3cccnc3Cl)ccc21. The van der Waals surface area contributed by atoms with E-state index < -0.39 is 0 Å². The fourth-order valence-corrected chi connectivity index (χ4v) is 2.67. The van der Waals surface area contributed by atoms with Gasteiger partial charge in [0.25, 0.3) is 5.91 Å². The van der Waals surface area contributed by atoms with Crippen LogP contribution in [0, 0.1) is 0 Å². The second-order valence-electron chi connectivity index (χ2n) is 5.08. The molecule has 1 amide bonds. The third-order valence-corrected chi connectivity index (χ3v) is 3.80. The minimum Gasteiger partial charge on any atom is -0.347 e. The van der Waals surface area contributed by atoms with Crippen molar-refractivity contribution >= 4 is 34.1 Å². The number of pyridine rings is 1. The average molecular weight is 314 g/mol. The summed E-state index contributed by atoms with van der Waals surface area (Å²) in [5.74, 6) is -0.259. The molecule has 4 nitrogen and oxygen atoms in total. The predicted octanol–water partition coefficient (Wildman–Crippen LogP) is 4.35. The Balaban J connectivity index is 1.85. The minimum atomic E-state index is -0.259. The lowest BCUT2D eigenvalue weighted by molar-refractivity contribution is 0.102. The molecular weight excluding hydrogens is 298 g/mol. The lowest BCUT2D eigenvalue weighted by Crippen LogP contribution is -2.12. The summed E-state index contributed by atoms with van der Waals surface area (Å²) in [5, 5.41) is 4.16. The molecule has 0 aliphatic heterocycles. The van der Waals surface area contributed by atoms with Crippen LogP contribution in [0.4, 0.5) is 5.69 Å². The maximum Gasteiger partial charge on any atom is 0.258 e. The molecule has 0 saturated heterocycles. The Morgan fingerprint density at radius 3 is 2.95 bits per heavy atom. The number of nitrogens with one attached hydrogen (secondary N) is 1. The fourth-order valence-electron chi connectivity index (χ4n) is 2.47. The second-order valence-corrected chi connectivity index (χ2v) is 5.44. The van der Waals surface area contributed by atoms with Crippen molar-refractivity contribution in [1.29, 1.82) is 0 Å². The van der Waals surface area contributed by atoms with Crippen molar-refractivity contribution < 1.29 is 4.79 Å². The molecule has 0 atom stereocenters. The number of hydrogen-bond acceptors (Lipinski definition) is 2. The third-order valence-electron chi connectivity index (χ3n) is 3.50. The number of aromatic nitrogens is 2. The highest BCUT2D eigenvalue weighted by Crippen LogP contribution is 2.22. The predicted molar refractivity (Wildman–Crippen MR) is 89.4 cm³/mol. The van der Waals surface area contributed by atoms with Crippen LogP contribution < -0.4 is 5.32 Å². The van der Waals surface area contributed by atoms with Gasteiger partial charge >= 0.3 is 0 Å². The number of aryl methyl sites for hydroxylation is 1. The number of benzene rings is 1. The summed E-state index contributed by atoms with van der Waals surface area (Å²) >= 11 is 5.94. The van der Waals surface area contributed by atoms with E-state index in [2.05, 4.69) is 34.1 Å². The van der Waals surface area contributed by atoms with E-state index in [1.54, 1.807) is 18.3 Å². The second kappa shape index (κ2) is 6.20. The van der Waals surface area contributed by atoms with Crippen LogP contribution in [0.3, 0.4) is 0 Å². The summed E-state index contributed by atoms with van der Waals surface area (Å²) in [6.45, 7) is 3.14. The molecule has 2 aromatic heterocycles. The molecule has 0 fully saturated rings. The standard InChI is InChI=1S/C17H16ClN3O/c1-2-9-21-10-7-12-11-13(5-6-15(12)21)20-17(22)14-4-3-8-19-16(14)18/h3-8,10-11H,2,9H2,1H3,(H,20,22). The number of nitrogens with zero attached hydrogens (tertiary/aromatic N) is 2. The van der Waals surface area contributed by atoms with Gasteiger partial charge in [-0.25, -0.2) is 4.98 Å². The molecule has 5 heteroatoms. The topological polar surface area (TPSA) is 46.9 Å². The van der Waals surface area contributed by atoms with Gasteiger partial charge in [0.15, 0.2) is 0 Å². The quantitative estimate of drug-likeness (QED) is 0.728. The Morgan fingerprint density at radius 2 is 2.18 bits per heavy atom. The van der Waals surface area contributed by atoms with Crippen LogP contribution in [0.5, 0.6) is 0 Å². The van der Waals surface area contributed by atoms with Crippen LogP contribution in [0.1, 0.15) is 23.7 Å². The maximum atomic E-state index is 12.2. The summed E-state index contributed by atoms with van der Waals surface area (Å²) in [4.78, 5) is 16.2. The third kappa shape index (κ3) is 2.83. The molecule has 22 heavy (non-hydrogen) atoms. The molecule has 1 aromatic carbocycles. The Morgan fingerprint density at radius 1 is 1.32 bits per heavy atom. The normalized spacial score (nSPS) is 10.8. The van der Waals surface area contributed by atoms with E-state index in [9.17, 15) is 4.79 Å². The van der Waals surface area contributed by atoms with Crippen LogP contribution in [0.2, 0.25) is 5.15 Å². The number of halogens is 1. The fraction of sp³-hybridized carbons (Fsp3) is 0.176. The first-order chi connectivity index (χ1) is 10.7. The summed E-state index contributed by atoms with van der Waals surface area (Å²) in [5.41, 5.74) is 2.28. The zero-order chi connectivity index (χ0) is 15.5. The molecule has 0 bridgehead atoms. The van der Waals surface area contributed by atoms with Crippen molar-refractivity contribution in [3.8, 4) is 0 Å². The van der Waals surface area contributed by atoms with E-state index in [1.165, 1.54) is 5.52 Å². The zero-order valence-corrected chi connectivity index (χ0v) is 13.0. The van der Waals surface area contributed by atoms with Gasteiger partial charge in [-0.3, -0.25) is 4.79 Å². The molecule has 0 unspecified atom stereocenters. The van der Waals surface area contributed by atoms with E-state index >= 15 is 0 Å². The van der Waals surface area contributed by atoms with E-state index in [1.807, 2.05) is 18.2 Å². The van der Waals surface area contributed by atoms with Crippen molar-refractivity contribution in [1.82, 2.24) is 9.55 Å². The molecule has 0 spiro atoms. The number of fused-ring (bicyclic) bond motifs is 1. The minimum absolute atomic E-state index is 0.204. The van der Waals surface area contributed by atoms with Gasteiger partial charge in [0.1, 0.15) is 5.15 Å². The number of rotatable bonds is 4. The van der Waals surface area contributed by atoms with E-state index in [0.717, 1.165) is 24.0 Å². The Labute approximate surface area is 133 Å². The molecule has 112 valence electrons. The summed E-state index contributed by atoms with van der Waals surface area (Å²) in [6.07, 6.45) is 4.71. The highest BCUT2D eigenvalue weighted by Gasteiger charge is 2.11. The number of carbonyl (C=O) groups excluding carboxylic acids is 1. The van der Waals surface area contributed by atoms with Crippen LogP contribution in [0.25, 0.3) is 10.9 Å². The first kappa shape index (κ1) is 14.6. The highest BCUT2D eigenvalue weighted by atomic mass is 35.5. The van der Waals surface area contributed by atoms with Crippen molar-refractivity contribution in [2.24, 2.45) is 0 Å². The van der Waals surface area contributed by atoms with Crippen LogP contribution in [-0.4, -0.2) is 15.5 Å². The number of hydrogen-bond donors (Lipinski definition) is 1. The van der Waals surface area contributed by atoms with Gasteiger partial charge in [-0.1, -0.05) is 18.5 Å². The van der Waals surface area contributed by atoms with Gasteiger partial charge in [-0.2, -0.15) is 0 Å². The lowest BCUT2D eigenvalue weighted by Gasteiger charge is -2.07. The first-order valence-corrected chi connectivity index (χ1v) is 7.57. The van der Waals surface area contributed by atoms with Gasteiger partial charge in [0.05, 0.1) is 5.56 Å². The van der Waals surface area contributed by atoms with Crippen molar-refractivity contribution in [2.45, 2.75) is 19.9 Å². The van der Waals surface area contributed by atoms with Gasteiger partial charge in [-0.05, 0) is 42.8 Å². The summed E-state index contributed by atoms with van der Waals surface area (Å²) in [7, 11) is 0. The van der Waals surface area contributed by atoms with Gasteiger partial charge in [0.2, 0.25) is 0 Å². The average Bonchev–Trinajstić information content (AvgIpc) is 2.90. The van der Waals surface area contributed by atoms with Crippen molar-refractivity contribution in [3.63, 3.8) is 0 Å². The molecule has 0 aliphatic rings. The smallest absolute Gasteiger partial charge is 0.258 e. The van der Waals surface area contributed by atoms with E-state index in [4.69, 9.17) is 11.6 Å². The molecule has 3 aromatic rings. The van der Waals surface area contributed by atoms with Crippen LogP contribution in [0.15, 0.2) is 48.8 Å². The first-order valence-electron chi connectivity index (χ1n) is 7.20. The Kier molecular flexibility index (Phi) is 4.11. The number of amides is 1. The zero-order valence-electron chi connectivity index (χ0n) is 12.2. The maximum absolute atomic E-state index is 12.2. The van der Waals surface area contributed by atoms with Gasteiger partial charge < -0.3 is 9.88 Å². The molecule has 3 rings (SSSR count). The summed E-state index contributed by atoms with van der Waals surface area (Å²) in [6, 6.07) is 11.3. The Bertz CT molecular complexity index is 826. The Hall–Kier alpha value is -2.33. The molecule has 0 aliphatic carbocycles. The number of carbonyl (C=O) groups is 1. The van der Waals surface area contributed by atoms with Crippen molar-refractivity contribution in [2.75, 3.05) is 5.32 Å². The van der Waals surface area contributed by atoms with Gasteiger partial charge in [-0.15, -0.1) is 0 Å². The van der Waals surface area contributed by atoms with Crippen molar-refractivity contribution in [3.05, 3.63) is 59.5 Å². The highest BCUT2D eigenvalue weighted by molar-refractivity contribution is 6.33. The van der Waals surface area contributed by atoms with Crippen LogP contribution >= 0.6 is 11.6 Å². The molecule has 2 heterocycles. The van der Waals surface area contributed by atoms with E-state index in [-0.39, 0.29) is 11.1 Å².